The zero-order valence-electron chi connectivity index (χ0n) is 18.4. The molecule has 2 nitrogen and oxygen atoms in total. The molecule has 2 heterocycles. The van der Waals surface area contributed by atoms with E-state index >= 15 is 0 Å². The maximum Gasteiger partial charge on any atom is 0.211 e. The third-order valence-electron chi connectivity index (χ3n) is 4.67. The molecule has 0 N–H and O–H groups in total. The van der Waals surface area contributed by atoms with Crippen LogP contribution in [0.25, 0.3) is 0 Å². The van der Waals surface area contributed by atoms with Gasteiger partial charge in [0, 0.05) is 56.5 Å². The predicted octanol–water partition coefficient (Wildman–Crippen LogP) is 7.25. The fourth-order valence-corrected chi connectivity index (χ4v) is 14.3. The van der Waals surface area contributed by atoms with Gasteiger partial charge in [0.15, 0.2) is 0 Å². The zero-order valence-corrected chi connectivity index (χ0v) is 25.0. The van der Waals surface area contributed by atoms with Crippen molar-refractivity contribution in [3.8, 4) is 0 Å². The van der Waals surface area contributed by atoms with Crippen LogP contribution in [-0.2, 0) is 9.59 Å². The normalized spacial score (nSPS) is 25.1. The van der Waals surface area contributed by atoms with E-state index in [0.29, 0.717) is 0 Å². The SMILES string of the molecule is C=CC(=O)SCCCC1CSC(CSCCSCC2SCC(CCCSC(=O)C=C)S2)S1. The molecule has 0 aromatic rings. The van der Waals surface area contributed by atoms with E-state index in [-0.39, 0.29) is 10.2 Å². The van der Waals surface area contributed by atoms with Gasteiger partial charge < -0.3 is 0 Å². The molecule has 0 aromatic heterocycles. The minimum absolute atomic E-state index is 0.100. The molecule has 0 spiro atoms. The highest BCUT2D eigenvalue weighted by atomic mass is 32.2. The van der Waals surface area contributed by atoms with Gasteiger partial charge in [-0.25, -0.2) is 0 Å². The Morgan fingerprint density at radius 1 is 0.750 bits per heavy atom. The average Bonchev–Trinajstić information content (AvgIpc) is 3.45. The highest BCUT2D eigenvalue weighted by Crippen LogP contribution is 2.43. The highest BCUT2D eigenvalue weighted by molar-refractivity contribution is 8.22. The maximum atomic E-state index is 11.2. The van der Waals surface area contributed by atoms with E-state index in [0.717, 1.165) is 44.0 Å². The number of thioether (sulfide) groups is 8. The largest absolute Gasteiger partial charge is 0.282 e. The Hall–Kier alpha value is 1.62. The Bertz CT molecular complexity index is 538. The fourth-order valence-electron chi connectivity index (χ4n) is 3.06. The summed E-state index contributed by atoms with van der Waals surface area (Å²) in [6.45, 7) is 7.04. The van der Waals surface area contributed by atoms with E-state index in [9.17, 15) is 9.59 Å². The lowest BCUT2D eigenvalue weighted by atomic mass is 10.3. The van der Waals surface area contributed by atoms with Gasteiger partial charge in [0.25, 0.3) is 0 Å². The molecule has 32 heavy (non-hydrogen) atoms. The molecule has 0 aliphatic carbocycles. The lowest BCUT2D eigenvalue weighted by Crippen LogP contribution is -2.04. The average molecular weight is 587 g/mol. The molecule has 0 saturated carbocycles. The molecule has 0 aromatic carbocycles. The van der Waals surface area contributed by atoms with Gasteiger partial charge in [-0.3, -0.25) is 9.59 Å². The summed E-state index contributed by atoms with van der Waals surface area (Å²) in [5.74, 6) is 9.43. The number of rotatable bonds is 17. The van der Waals surface area contributed by atoms with Crippen molar-refractivity contribution in [2.75, 3.05) is 46.0 Å². The minimum atomic E-state index is 0.100. The quantitative estimate of drug-likeness (QED) is 0.128. The van der Waals surface area contributed by atoms with Gasteiger partial charge in [-0.2, -0.15) is 23.5 Å². The van der Waals surface area contributed by atoms with Crippen LogP contribution in [0.5, 0.6) is 0 Å². The number of hydrogen-bond acceptors (Lipinski definition) is 10. The molecular formula is C22H34O2S8. The summed E-state index contributed by atoms with van der Waals surface area (Å²) in [6.07, 6.45) is 7.55. The standard InChI is InChI=1S/C22H34O2S8/c1-3-19(23)27-9-5-7-17-13-29-21(31-17)15-25-11-12-26-16-22-30-14-18(32-22)8-6-10-28-20(24)4-2/h3-4,17-18,21-22H,1-2,5-16H2. The molecule has 4 unspecified atom stereocenters. The second kappa shape index (κ2) is 18.8. The summed E-state index contributed by atoms with van der Waals surface area (Å²) in [4.78, 5) is 22.5. The van der Waals surface area contributed by atoms with Gasteiger partial charge >= 0.3 is 0 Å². The van der Waals surface area contributed by atoms with Crippen LogP contribution in [0.2, 0.25) is 0 Å². The summed E-state index contributed by atoms with van der Waals surface area (Å²) < 4.78 is 1.50. The molecule has 2 aliphatic rings. The second-order valence-corrected chi connectivity index (χ2v) is 17.8. The Morgan fingerprint density at radius 3 is 1.59 bits per heavy atom. The highest BCUT2D eigenvalue weighted by Gasteiger charge is 2.26. The number of carbonyl (C=O) groups excluding carboxylic acids is 2. The lowest BCUT2D eigenvalue weighted by Gasteiger charge is -2.11. The first-order valence-corrected chi connectivity index (χ1v) is 19.1. The van der Waals surface area contributed by atoms with Crippen molar-refractivity contribution >= 4 is 104 Å². The number of carbonyl (C=O) groups is 2. The van der Waals surface area contributed by atoms with Crippen molar-refractivity contribution in [2.45, 2.75) is 45.3 Å². The molecule has 0 radical (unpaired) electrons. The van der Waals surface area contributed by atoms with E-state index in [4.69, 9.17) is 0 Å². The van der Waals surface area contributed by atoms with Gasteiger partial charge in [0.05, 0.1) is 9.16 Å². The summed E-state index contributed by atoms with van der Waals surface area (Å²) in [7, 11) is 0. The molecule has 0 bridgehead atoms. The second-order valence-electron chi connectivity index (χ2n) is 7.22. The van der Waals surface area contributed by atoms with Crippen molar-refractivity contribution < 1.29 is 9.59 Å². The minimum Gasteiger partial charge on any atom is -0.282 e. The van der Waals surface area contributed by atoms with Crippen molar-refractivity contribution in [3.05, 3.63) is 25.3 Å². The first kappa shape index (κ1) is 29.8. The number of hydrogen-bond donors (Lipinski definition) is 0. The summed E-state index contributed by atoms with van der Waals surface area (Å²) >= 11 is 15.6. The van der Waals surface area contributed by atoms with Crippen LogP contribution < -0.4 is 0 Å². The van der Waals surface area contributed by atoms with Crippen molar-refractivity contribution in [2.24, 2.45) is 0 Å². The molecule has 10 heteroatoms. The van der Waals surface area contributed by atoms with Gasteiger partial charge in [0.2, 0.25) is 10.2 Å². The Kier molecular flexibility index (Phi) is 17.6. The third kappa shape index (κ3) is 13.6. The van der Waals surface area contributed by atoms with Crippen LogP contribution in [0.1, 0.15) is 25.7 Å². The topological polar surface area (TPSA) is 34.1 Å². The summed E-state index contributed by atoms with van der Waals surface area (Å²) in [5, 5.41) is 1.74. The fraction of sp³-hybridized carbons (Fsp3) is 0.727. The van der Waals surface area contributed by atoms with Crippen LogP contribution in [0.15, 0.2) is 25.3 Å². The van der Waals surface area contributed by atoms with Crippen LogP contribution >= 0.6 is 94.1 Å². The van der Waals surface area contributed by atoms with Gasteiger partial charge in [-0.05, 0) is 37.8 Å². The van der Waals surface area contributed by atoms with E-state index in [1.165, 1.54) is 83.0 Å². The summed E-state index contributed by atoms with van der Waals surface area (Å²) in [6, 6.07) is 0. The van der Waals surface area contributed by atoms with Crippen molar-refractivity contribution in [1.29, 1.82) is 0 Å². The Labute approximate surface area is 228 Å². The Morgan fingerprint density at radius 2 is 1.19 bits per heavy atom. The molecule has 2 fully saturated rings. The molecule has 2 saturated heterocycles. The van der Waals surface area contributed by atoms with Crippen molar-refractivity contribution in [3.63, 3.8) is 0 Å². The van der Waals surface area contributed by atoms with Gasteiger partial charge in [-0.1, -0.05) is 36.7 Å². The van der Waals surface area contributed by atoms with E-state index < -0.39 is 0 Å². The zero-order chi connectivity index (χ0) is 23.0. The van der Waals surface area contributed by atoms with Gasteiger partial charge in [-0.15, -0.1) is 47.0 Å². The van der Waals surface area contributed by atoms with Crippen LogP contribution in [0.3, 0.4) is 0 Å². The lowest BCUT2D eigenvalue weighted by molar-refractivity contribution is -0.107. The first-order chi connectivity index (χ1) is 15.6. The molecule has 182 valence electrons. The monoisotopic (exact) mass is 586 g/mol. The van der Waals surface area contributed by atoms with Crippen LogP contribution in [0, 0.1) is 0 Å². The van der Waals surface area contributed by atoms with E-state index in [1.807, 2.05) is 0 Å². The molecule has 2 aliphatic heterocycles. The van der Waals surface area contributed by atoms with E-state index in [1.54, 1.807) is 0 Å². The Balaban J connectivity index is 1.39. The molecule has 2 rings (SSSR count). The molecule has 4 atom stereocenters. The molecule has 0 amide bonds. The smallest absolute Gasteiger partial charge is 0.211 e. The van der Waals surface area contributed by atoms with Crippen LogP contribution in [-0.4, -0.2) is 75.9 Å². The summed E-state index contributed by atoms with van der Waals surface area (Å²) in [5.41, 5.74) is 0. The molecular weight excluding hydrogens is 553 g/mol. The van der Waals surface area contributed by atoms with Crippen LogP contribution in [0.4, 0.5) is 0 Å². The maximum absolute atomic E-state index is 11.2. The first-order valence-electron chi connectivity index (χ1n) is 10.9. The van der Waals surface area contributed by atoms with Gasteiger partial charge in [0.1, 0.15) is 0 Å². The van der Waals surface area contributed by atoms with Crippen molar-refractivity contribution in [1.82, 2.24) is 0 Å². The van der Waals surface area contributed by atoms with E-state index in [2.05, 4.69) is 83.7 Å². The predicted molar refractivity (Wildman–Crippen MR) is 164 cm³/mol. The third-order valence-corrected chi connectivity index (χ3v) is 16.5.